The summed E-state index contributed by atoms with van der Waals surface area (Å²) >= 11 is 0. The average molecular weight is 319 g/mol. The maximum atomic E-state index is 12.4. The molecule has 0 fully saturated rings. The van der Waals surface area contributed by atoms with Crippen molar-refractivity contribution < 1.29 is 4.74 Å². The first kappa shape index (κ1) is 15.8. The summed E-state index contributed by atoms with van der Waals surface area (Å²) in [5.74, 6) is 0.827. The fraction of sp³-hybridized carbons (Fsp3) is 0.211. The highest BCUT2D eigenvalue weighted by atomic mass is 16.5. The van der Waals surface area contributed by atoms with Crippen LogP contribution in [0.1, 0.15) is 18.2 Å². The largest absolute Gasteiger partial charge is 0.494 e. The number of hydrogen-bond acceptors (Lipinski definition) is 4. The molecule has 120 valence electrons. The van der Waals surface area contributed by atoms with Crippen LogP contribution in [-0.4, -0.2) is 16.4 Å². The molecule has 0 N–H and O–H groups in total. The van der Waals surface area contributed by atoms with Crippen molar-refractivity contribution in [1.82, 2.24) is 9.78 Å². The maximum absolute atomic E-state index is 12.4. The first-order chi connectivity index (χ1) is 11.7. The molecule has 0 aliphatic heterocycles. The zero-order valence-electron chi connectivity index (χ0n) is 13.4. The summed E-state index contributed by atoms with van der Waals surface area (Å²) in [5.41, 5.74) is 1.62. The topological polar surface area (TPSA) is 67.9 Å². The van der Waals surface area contributed by atoms with Crippen LogP contribution in [0.4, 0.5) is 0 Å². The van der Waals surface area contributed by atoms with Gasteiger partial charge in [-0.1, -0.05) is 30.3 Å². The molecule has 0 saturated heterocycles. The lowest BCUT2D eigenvalue weighted by atomic mass is 10.0. The van der Waals surface area contributed by atoms with E-state index in [1.165, 1.54) is 4.68 Å². The number of aromatic nitrogens is 2. The first-order valence-electron chi connectivity index (χ1n) is 7.80. The SMILES string of the molecule is CCOc1ccc(Cc2nn(CC#N)c(=O)c3ccccc23)cc1. The number of rotatable bonds is 5. The fourth-order valence-corrected chi connectivity index (χ4v) is 2.67. The molecule has 2 aromatic carbocycles. The lowest BCUT2D eigenvalue weighted by Crippen LogP contribution is -2.24. The summed E-state index contributed by atoms with van der Waals surface area (Å²) in [4.78, 5) is 12.4. The van der Waals surface area contributed by atoms with Gasteiger partial charge in [-0.25, -0.2) is 4.68 Å². The molecule has 0 spiro atoms. The molecule has 1 aromatic heterocycles. The van der Waals surface area contributed by atoms with Gasteiger partial charge in [-0.15, -0.1) is 0 Å². The minimum absolute atomic E-state index is 0.0556. The summed E-state index contributed by atoms with van der Waals surface area (Å²) in [6.45, 7) is 2.52. The summed E-state index contributed by atoms with van der Waals surface area (Å²) in [6, 6.07) is 17.2. The lowest BCUT2D eigenvalue weighted by molar-refractivity contribution is 0.340. The Balaban J connectivity index is 2.03. The van der Waals surface area contributed by atoms with Gasteiger partial charge in [0.1, 0.15) is 12.3 Å². The summed E-state index contributed by atoms with van der Waals surface area (Å²) in [7, 11) is 0. The van der Waals surface area contributed by atoms with Crippen LogP contribution >= 0.6 is 0 Å². The summed E-state index contributed by atoms with van der Waals surface area (Å²) < 4.78 is 6.68. The lowest BCUT2D eigenvalue weighted by Gasteiger charge is -2.10. The van der Waals surface area contributed by atoms with E-state index in [4.69, 9.17) is 10.00 Å². The predicted octanol–water partition coefficient (Wildman–Crippen LogP) is 2.91. The minimum atomic E-state index is -0.234. The van der Waals surface area contributed by atoms with Crippen molar-refractivity contribution in [2.45, 2.75) is 19.9 Å². The molecule has 5 heteroatoms. The molecule has 3 rings (SSSR count). The molecular formula is C19H17N3O2. The van der Waals surface area contributed by atoms with Gasteiger partial charge in [0.05, 0.1) is 23.8 Å². The highest BCUT2D eigenvalue weighted by Gasteiger charge is 2.10. The molecule has 24 heavy (non-hydrogen) atoms. The Kier molecular flexibility index (Phi) is 4.57. The Bertz CT molecular complexity index is 953. The van der Waals surface area contributed by atoms with Gasteiger partial charge >= 0.3 is 0 Å². The van der Waals surface area contributed by atoms with E-state index in [9.17, 15) is 4.79 Å². The van der Waals surface area contributed by atoms with Crippen LogP contribution in [0.3, 0.4) is 0 Å². The van der Waals surface area contributed by atoms with Crippen LogP contribution in [0.25, 0.3) is 10.8 Å². The standard InChI is InChI=1S/C19H17N3O2/c1-2-24-15-9-7-14(8-10-15)13-18-16-5-3-4-6-17(16)19(23)22(21-18)12-11-20/h3-10H,2,12-13H2,1H3. The highest BCUT2D eigenvalue weighted by Crippen LogP contribution is 2.19. The fourth-order valence-electron chi connectivity index (χ4n) is 2.67. The molecule has 0 bridgehead atoms. The predicted molar refractivity (Wildman–Crippen MR) is 92.0 cm³/mol. The molecule has 1 heterocycles. The van der Waals surface area contributed by atoms with Crippen molar-refractivity contribution in [3.05, 3.63) is 70.1 Å². The van der Waals surface area contributed by atoms with Crippen molar-refractivity contribution in [3.8, 4) is 11.8 Å². The monoisotopic (exact) mass is 319 g/mol. The number of hydrogen-bond donors (Lipinski definition) is 0. The van der Waals surface area contributed by atoms with E-state index in [0.29, 0.717) is 18.4 Å². The van der Waals surface area contributed by atoms with Gasteiger partial charge in [-0.2, -0.15) is 10.4 Å². The third-order valence-corrected chi connectivity index (χ3v) is 3.77. The second kappa shape index (κ2) is 6.97. The summed E-state index contributed by atoms with van der Waals surface area (Å²) in [6.07, 6.45) is 0.582. The molecule has 0 amide bonds. The Morgan fingerprint density at radius 3 is 2.50 bits per heavy atom. The second-order valence-corrected chi connectivity index (χ2v) is 5.37. The van der Waals surface area contributed by atoms with Gasteiger partial charge in [0.2, 0.25) is 0 Å². The van der Waals surface area contributed by atoms with Gasteiger partial charge < -0.3 is 4.74 Å². The van der Waals surface area contributed by atoms with Crippen LogP contribution < -0.4 is 10.3 Å². The van der Waals surface area contributed by atoms with Gasteiger partial charge in [0, 0.05) is 11.8 Å². The molecule has 0 aliphatic rings. The van der Waals surface area contributed by atoms with Crippen LogP contribution in [-0.2, 0) is 13.0 Å². The van der Waals surface area contributed by atoms with Gasteiger partial charge in [0.25, 0.3) is 5.56 Å². The zero-order chi connectivity index (χ0) is 16.9. The van der Waals surface area contributed by atoms with Crippen LogP contribution in [0.2, 0.25) is 0 Å². The third-order valence-electron chi connectivity index (χ3n) is 3.77. The highest BCUT2D eigenvalue weighted by molar-refractivity contribution is 5.83. The second-order valence-electron chi connectivity index (χ2n) is 5.37. The van der Waals surface area contributed by atoms with Gasteiger partial charge in [0.15, 0.2) is 0 Å². The van der Waals surface area contributed by atoms with Gasteiger partial charge in [-0.05, 0) is 30.7 Å². The molecule has 0 aliphatic carbocycles. The van der Waals surface area contributed by atoms with Crippen molar-refractivity contribution in [3.63, 3.8) is 0 Å². The number of ether oxygens (including phenoxy) is 1. The number of nitriles is 1. The van der Waals surface area contributed by atoms with E-state index in [2.05, 4.69) is 5.10 Å². The van der Waals surface area contributed by atoms with E-state index in [1.807, 2.05) is 55.5 Å². The Morgan fingerprint density at radius 1 is 1.12 bits per heavy atom. The smallest absolute Gasteiger partial charge is 0.275 e. The molecule has 0 atom stereocenters. The van der Waals surface area contributed by atoms with E-state index in [0.717, 1.165) is 22.4 Å². The first-order valence-corrected chi connectivity index (χ1v) is 7.80. The Morgan fingerprint density at radius 2 is 1.83 bits per heavy atom. The molecular weight excluding hydrogens is 302 g/mol. The third kappa shape index (κ3) is 3.13. The van der Waals surface area contributed by atoms with E-state index in [1.54, 1.807) is 6.07 Å². The Labute approximate surface area is 139 Å². The normalized spacial score (nSPS) is 10.5. The number of benzene rings is 2. The molecule has 0 saturated carbocycles. The van der Waals surface area contributed by atoms with E-state index in [-0.39, 0.29) is 12.1 Å². The molecule has 5 nitrogen and oxygen atoms in total. The van der Waals surface area contributed by atoms with Crippen molar-refractivity contribution in [2.24, 2.45) is 0 Å². The number of nitrogens with zero attached hydrogens (tertiary/aromatic N) is 3. The van der Waals surface area contributed by atoms with E-state index >= 15 is 0 Å². The van der Waals surface area contributed by atoms with Crippen molar-refractivity contribution in [1.29, 1.82) is 5.26 Å². The summed E-state index contributed by atoms with van der Waals surface area (Å²) in [5, 5.41) is 14.7. The van der Waals surface area contributed by atoms with E-state index < -0.39 is 0 Å². The van der Waals surface area contributed by atoms with Gasteiger partial charge in [-0.3, -0.25) is 4.79 Å². The minimum Gasteiger partial charge on any atom is -0.494 e. The average Bonchev–Trinajstić information content (AvgIpc) is 2.61. The molecule has 0 unspecified atom stereocenters. The zero-order valence-corrected chi connectivity index (χ0v) is 13.4. The van der Waals surface area contributed by atoms with Crippen molar-refractivity contribution in [2.75, 3.05) is 6.61 Å². The quantitative estimate of drug-likeness (QED) is 0.725. The van der Waals surface area contributed by atoms with Crippen LogP contribution in [0.15, 0.2) is 53.3 Å². The number of fused-ring (bicyclic) bond motifs is 1. The van der Waals surface area contributed by atoms with Crippen LogP contribution in [0, 0.1) is 11.3 Å². The van der Waals surface area contributed by atoms with Crippen molar-refractivity contribution >= 4 is 10.8 Å². The molecule has 3 aromatic rings. The Hall–Kier alpha value is -3.13. The molecule has 0 radical (unpaired) electrons. The maximum Gasteiger partial charge on any atom is 0.275 e. The van der Waals surface area contributed by atoms with Crippen LogP contribution in [0.5, 0.6) is 5.75 Å².